The Kier molecular flexibility index (Phi) is 7.50. The van der Waals surface area contributed by atoms with Crippen molar-refractivity contribution in [1.82, 2.24) is 19.7 Å². The van der Waals surface area contributed by atoms with Crippen molar-refractivity contribution >= 4 is 40.1 Å². The first-order valence-corrected chi connectivity index (χ1v) is 14.5. The fourth-order valence-corrected chi connectivity index (χ4v) is 6.28. The predicted octanol–water partition coefficient (Wildman–Crippen LogP) is 4.82. The minimum atomic E-state index is -1.13. The first-order chi connectivity index (χ1) is 19.0. The summed E-state index contributed by atoms with van der Waals surface area (Å²) in [5.74, 6) is 0.520. The lowest BCUT2D eigenvalue weighted by molar-refractivity contribution is -0.137. The minimum absolute atomic E-state index is 0.176. The second kappa shape index (κ2) is 10.7. The molecule has 0 bridgehead atoms. The first kappa shape index (κ1) is 27.9. The van der Waals surface area contributed by atoms with Crippen LogP contribution in [-0.2, 0) is 29.7 Å². The molecule has 2 aliphatic rings. The summed E-state index contributed by atoms with van der Waals surface area (Å²) in [7, 11) is 3.73. The number of benzene rings is 1. The van der Waals surface area contributed by atoms with Gasteiger partial charge in [0, 0.05) is 46.5 Å². The Bertz CT molecular complexity index is 1470. The van der Waals surface area contributed by atoms with E-state index in [-0.39, 0.29) is 11.8 Å². The van der Waals surface area contributed by atoms with Crippen molar-refractivity contribution < 1.29 is 14.4 Å². The van der Waals surface area contributed by atoms with Gasteiger partial charge in [0.15, 0.2) is 5.75 Å². The van der Waals surface area contributed by atoms with Gasteiger partial charge in [-0.15, -0.1) is 11.3 Å². The van der Waals surface area contributed by atoms with Crippen LogP contribution in [0, 0.1) is 12.3 Å². The second-order valence-electron chi connectivity index (χ2n) is 11.1. The van der Waals surface area contributed by atoms with E-state index in [9.17, 15) is 9.59 Å². The Morgan fingerprint density at radius 2 is 1.80 bits per heavy atom. The fourth-order valence-electron chi connectivity index (χ4n) is 5.49. The van der Waals surface area contributed by atoms with Crippen LogP contribution >= 0.6 is 11.3 Å². The number of amides is 2. The van der Waals surface area contributed by atoms with Crippen LogP contribution in [-0.4, -0.2) is 58.2 Å². The summed E-state index contributed by atoms with van der Waals surface area (Å²) in [6, 6.07) is 10.2. The third-order valence-corrected chi connectivity index (χ3v) is 8.73. The zero-order valence-corrected chi connectivity index (χ0v) is 25.2. The zero-order valence-electron chi connectivity index (χ0n) is 24.4. The predicted molar refractivity (Wildman–Crippen MR) is 159 cm³/mol. The number of fused-ring (bicyclic) bond motifs is 2. The van der Waals surface area contributed by atoms with Crippen LogP contribution in [0.25, 0.3) is 5.57 Å². The van der Waals surface area contributed by atoms with Gasteiger partial charge in [0.1, 0.15) is 5.41 Å². The molecule has 2 amide bonds. The number of rotatable bonds is 8. The molecular formula is C30H38N6O3S. The molecule has 9 nitrogen and oxygen atoms in total. The number of hydroxylamine groups is 2. The molecule has 212 valence electrons. The molecule has 2 aliphatic heterocycles. The van der Waals surface area contributed by atoms with Gasteiger partial charge in [-0.05, 0) is 75.4 Å². The number of aromatic nitrogens is 2. The standard InChI is InChI=1S/C30H38N6O3S/c1-8-36-24-10-9-22(16-25(24)32(6)28(37)30(4,5)29(36)38)18-34(19-23-15-21(3)31-33(23)7)12-13-35-17-20(2)27-26(39-35)11-14-40-27/h9-11,14-17H,8,12-13,18-19H2,1-7H3. The quantitative estimate of drug-likeness (QED) is 0.367. The molecule has 5 rings (SSSR count). The summed E-state index contributed by atoms with van der Waals surface area (Å²) in [4.78, 5) is 39.6. The van der Waals surface area contributed by atoms with Crippen LogP contribution in [0.1, 0.15) is 49.5 Å². The molecule has 40 heavy (non-hydrogen) atoms. The van der Waals surface area contributed by atoms with Gasteiger partial charge in [0.05, 0.1) is 34.2 Å². The third kappa shape index (κ3) is 5.13. The lowest BCUT2D eigenvalue weighted by Gasteiger charge is -2.29. The number of allylic oxidation sites excluding steroid dienone is 1. The Hall–Kier alpha value is -3.63. The average molecular weight is 563 g/mol. The highest BCUT2D eigenvalue weighted by Gasteiger charge is 2.45. The fraction of sp³-hybridized carbons (Fsp3) is 0.433. The van der Waals surface area contributed by atoms with Crippen molar-refractivity contribution in [2.24, 2.45) is 12.5 Å². The summed E-state index contributed by atoms with van der Waals surface area (Å²) in [6.07, 6.45) is 2.06. The highest BCUT2D eigenvalue weighted by atomic mass is 32.1. The average Bonchev–Trinajstić information content (AvgIpc) is 3.51. The number of carbonyl (C=O) groups excluding carboxylic acids is 2. The van der Waals surface area contributed by atoms with Crippen LogP contribution in [0.15, 0.2) is 41.9 Å². The summed E-state index contributed by atoms with van der Waals surface area (Å²) >= 11 is 1.69. The van der Waals surface area contributed by atoms with Gasteiger partial charge in [-0.3, -0.25) is 19.2 Å². The SMILES string of the molecule is CCN1C(=O)C(C)(C)C(=O)N(C)c2cc(CN(CCN3C=C(C)c4sccc4O3)Cc3cc(C)nn3C)ccc21. The molecule has 4 heterocycles. The lowest BCUT2D eigenvalue weighted by Crippen LogP contribution is -2.47. The number of hydrogen-bond acceptors (Lipinski definition) is 7. The van der Waals surface area contributed by atoms with Crippen LogP contribution in [0.5, 0.6) is 5.75 Å². The molecule has 0 aliphatic carbocycles. The highest BCUT2D eigenvalue weighted by molar-refractivity contribution is 7.11. The van der Waals surface area contributed by atoms with E-state index in [0.717, 1.165) is 40.6 Å². The van der Waals surface area contributed by atoms with E-state index in [2.05, 4.69) is 40.6 Å². The molecule has 0 unspecified atom stereocenters. The lowest BCUT2D eigenvalue weighted by atomic mass is 9.90. The molecule has 0 spiro atoms. The third-order valence-electron chi connectivity index (χ3n) is 7.70. The van der Waals surface area contributed by atoms with E-state index in [1.54, 1.807) is 42.0 Å². The van der Waals surface area contributed by atoms with Crippen molar-refractivity contribution in [2.45, 2.75) is 47.7 Å². The summed E-state index contributed by atoms with van der Waals surface area (Å²) in [5.41, 5.74) is 4.75. The summed E-state index contributed by atoms with van der Waals surface area (Å²) < 4.78 is 1.93. The Balaban J connectivity index is 1.41. The van der Waals surface area contributed by atoms with Crippen LogP contribution in [0.2, 0.25) is 0 Å². The molecular weight excluding hydrogens is 524 g/mol. The molecule has 10 heteroatoms. The van der Waals surface area contributed by atoms with Gasteiger partial charge in [-0.25, -0.2) is 5.06 Å². The van der Waals surface area contributed by atoms with E-state index in [0.29, 0.717) is 26.2 Å². The van der Waals surface area contributed by atoms with E-state index >= 15 is 0 Å². The Morgan fingerprint density at radius 1 is 1.02 bits per heavy atom. The summed E-state index contributed by atoms with van der Waals surface area (Å²) in [5, 5.41) is 8.50. The molecule has 2 aromatic heterocycles. The number of carbonyl (C=O) groups is 2. The molecule has 0 saturated carbocycles. The van der Waals surface area contributed by atoms with Crippen molar-refractivity contribution in [3.05, 3.63) is 63.7 Å². The summed E-state index contributed by atoms with van der Waals surface area (Å²) in [6.45, 7) is 12.7. The number of nitrogens with zero attached hydrogens (tertiary/aromatic N) is 6. The number of anilines is 2. The van der Waals surface area contributed by atoms with E-state index in [4.69, 9.17) is 4.84 Å². The molecule has 0 atom stereocenters. The van der Waals surface area contributed by atoms with Gasteiger partial charge in [-0.2, -0.15) is 5.10 Å². The second-order valence-corrected chi connectivity index (χ2v) is 12.0. The van der Waals surface area contributed by atoms with Crippen molar-refractivity contribution in [3.63, 3.8) is 0 Å². The van der Waals surface area contributed by atoms with Gasteiger partial charge in [-0.1, -0.05) is 6.07 Å². The number of thiophene rings is 1. The van der Waals surface area contributed by atoms with Gasteiger partial charge in [0.25, 0.3) is 0 Å². The molecule has 0 fully saturated rings. The molecule has 3 aromatic rings. The molecule has 0 radical (unpaired) electrons. The Labute approximate surface area is 240 Å². The normalized spacial score (nSPS) is 16.6. The minimum Gasteiger partial charge on any atom is -0.379 e. The van der Waals surface area contributed by atoms with Crippen molar-refractivity contribution in [1.29, 1.82) is 0 Å². The smallest absolute Gasteiger partial charge is 0.242 e. The molecule has 0 N–H and O–H groups in total. The van der Waals surface area contributed by atoms with Gasteiger partial charge in [0.2, 0.25) is 11.8 Å². The van der Waals surface area contributed by atoms with Crippen LogP contribution in [0.3, 0.4) is 0 Å². The number of hydrogen-bond donors (Lipinski definition) is 0. The van der Waals surface area contributed by atoms with Gasteiger partial charge >= 0.3 is 0 Å². The maximum atomic E-state index is 13.3. The maximum Gasteiger partial charge on any atom is 0.242 e. The van der Waals surface area contributed by atoms with E-state index in [1.807, 2.05) is 48.8 Å². The zero-order chi connectivity index (χ0) is 28.8. The monoisotopic (exact) mass is 562 g/mol. The van der Waals surface area contributed by atoms with Crippen molar-refractivity contribution in [3.8, 4) is 5.75 Å². The largest absolute Gasteiger partial charge is 0.379 e. The van der Waals surface area contributed by atoms with Crippen LogP contribution < -0.4 is 14.6 Å². The highest BCUT2D eigenvalue weighted by Crippen LogP contribution is 2.39. The van der Waals surface area contributed by atoms with Crippen molar-refractivity contribution in [2.75, 3.05) is 36.5 Å². The van der Waals surface area contributed by atoms with E-state index < -0.39 is 5.41 Å². The number of aryl methyl sites for hydroxylation is 2. The Morgan fingerprint density at radius 3 is 2.50 bits per heavy atom. The van der Waals surface area contributed by atoms with E-state index in [1.165, 1.54) is 10.5 Å². The van der Waals surface area contributed by atoms with Crippen LogP contribution in [0.4, 0.5) is 11.4 Å². The molecule has 1 aromatic carbocycles. The first-order valence-electron chi connectivity index (χ1n) is 13.7. The topological polar surface area (TPSA) is 74.2 Å². The van der Waals surface area contributed by atoms with Gasteiger partial charge < -0.3 is 14.6 Å². The molecule has 0 saturated heterocycles. The maximum absolute atomic E-state index is 13.3.